The van der Waals surface area contributed by atoms with Gasteiger partial charge >= 0.3 is 0 Å². The molecule has 11 heteroatoms. The summed E-state index contributed by atoms with van der Waals surface area (Å²) in [6, 6.07) is 8.35. The van der Waals surface area contributed by atoms with Gasteiger partial charge in [0.2, 0.25) is 5.91 Å². The molecule has 0 saturated carbocycles. The first-order chi connectivity index (χ1) is 13.2. The zero-order valence-corrected chi connectivity index (χ0v) is 16.6. The fourth-order valence-corrected chi connectivity index (χ4v) is 2.67. The molecule has 2 N–H and O–H groups in total. The molecule has 0 atom stereocenters. The highest BCUT2D eigenvalue weighted by Gasteiger charge is 2.15. The Morgan fingerprint density at radius 2 is 1.86 bits per heavy atom. The van der Waals surface area contributed by atoms with E-state index in [4.69, 9.17) is 34.8 Å². The molecule has 2 amide bonds. The number of hydrazone groups is 1. The van der Waals surface area contributed by atoms with Gasteiger partial charge in [0, 0.05) is 17.3 Å². The Kier molecular flexibility index (Phi) is 7.33. The molecule has 2 rings (SSSR count). The Labute approximate surface area is 174 Å². The van der Waals surface area contributed by atoms with E-state index in [1.807, 2.05) is 0 Å². The van der Waals surface area contributed by atoms with Crippen LogP contribution in [0.2, 0.25) is 15.1 Å². The zero-order valence-electron chi connectivity index (χ0n) is 14.3. The number of nitrogens with one attached hydrogen (secondary N) is 2. The summed E-state index contributed by atoms with van der Waals surface area (Å²) in [5.41, 5.74) is 2.71. The first-order valence-corrected chi connectivity index (χ1v) is 8.83. The van der Waals surface area contributed by atoms with E-state index in [-0.39, 0.29) is 27.7 Å². The minimum absolute atomic E-state index is 0.0855. The Bertz CT molecular complexity index is 979. The highest BCUT2D eigenvalue weighted by Crippen LogP contribution is 2.29. The van der Waals surface area contributed by atoms with Crippen LogP contribution in [-0.2, 0) is 4.79 Å². The van der Waals surface area contributed by atoms with Crippen LogP contribution in [0.5, 0.6) is 0 Å². The molecular formula is C17H13Cl3N4O4. The summed E-state index contributed by atoms with van der Waals surface area (Å²) < 4.78 is 0. The van der Waals surface area contributed by atoms with Crippen molar-refractivity contribution in [2.75, 3.05) is 5.32 Å². The smallest absolute Gasteiger partial charge is 0.287 e. The minimum Gasteiger partial charge on any atom is -0.324 e. The molecule has 0 radical (unpaired) electrons. The number of carbonyl (C=O) groups excluding carboxylic acids is 2. The van der Waals surface area contributed by atoms with Crippen molar-refractivity contribution in [1.29, 1.82) is 0 Å². The predicted octanol–water partition coefficient (Wildman–Crippen LogP) is 4.69. The topological polar surface area (TPSA) is 114 Å². The third-order valence-corrected chi connectivity index (χ3v) is 4.52. The van der Waals surface area contributed by atoms with E-state index in [0.29, 0.717) is 16.4 Å². The molecule has 146 valence electrons. The van der Waals surface area contributed by atoms with Crippen LogP contribution in [0.4, 0.5) is 11.4 Å². The van der Waals surface area contributed by atoms with Crippen molar-refractivity contribution in [3.05, 3.63) is 67.1 Å². The van der Waals surface area contributed by atoms with Crippen LogP contribution in [-0.4, -0.2) is 22.4 Å². The van der Waals surface area contributed by atoms with Crippen LogP contribution in [0.1, 0.15) is 23.7 Å². The summed E-state index contributed by atoms with van der Waals surface area (Å²) in [5, 5.41) is 17.5. The molecule has 0 heterocycles. The van der Waals surface area contributed by atoms with Crippen molar-refractivity contribution in [1.82, 2.24) is 5.43 Å². The number of hydrogen-bond acceptors (Lipinski definition) is 5. The highest BCUT2D eigenvalue weighted by atomic mass is 35.5. The van der Waals surface area contributed by atoms with E-state index in [1.54, 1.807) is 25.1 Å². The Hall–Kier alpha value is -2.68. The number of anilines is 1. The lowest BCUT2D eigenvalue weighted by atomic mass is 10.2. The van der Waals surface area contributed by atoms with Crippen molar-refractivity contribution in [2.45, 2.75) is 13.3 Å². The van der Waals surface area contributed by atoms with Crippen molar-refractivity contribution < 1.29 is 14.5 Å². The van der Waals surface area contributed by atoms with Gasteiger partial charge in [0.25, 0.3) is 11.6 Å². The molecule has 2 aromatic carbocycles. The van der Waals surface area contributed by atoms with Gasteiger partial charge in [-0.05, 0) is 31.2 Å². The average Bonchev–Trinajstić information content (AvgIpc) is 2.63. The van der Waals surface area contributed by atoms with Gasteiger partial charge in [0.1, 0.15) is 5.02 Å². The van der Waals surface area contributed by atoms with E-state index < -0.39 is 16.7 Å². The van der Waals surface area contributed by atoms with Crippen molar-refractivity contribution in [3.8, 4) is 0 Å². The van der Waals surface area contributed by atoms with Crippen molar-refractivity contribution in [3.63, 3.8) is 0 Å². The number of carbonyl (C=O) groups is 2. The quantitative estimate of drug-likeness (QED) is 0.383. The van der Waals surface area contributed by atoms with E-state index in [2.05, 4.69) is 15.8 Å². The molecule has 0 aliphatic carbocycles. The summed E-state index contributed by atoms with van der Waals surface area (Å²) in [6.07, 6.45) is -0.107. The zero-order chi connectivity index (χ0) is 20.8. The van der Waals surface area contributed by atoms with Gasteiger partial charge in [0.05, 0.1) is 27.1 Å². The first-order valence-electron chi connectivity index (χ1n) is 7.70. The molecule has 0 saturated heterocycles. The third kappa shape index (κ3) is 5.66. The number of hydrogen-bond donors (Lipinski definition) is 2. The second-order valence-corrected chi connectivity index (χ2v) is 6.73. The van der Waals surface area contributed by atoms with Gasteiger partial charge in [-0.2, -0.15) is 5.10 Å². The van der Waals surface area contributed by atoms with E-state index >= 15 is 0 Å². The Balaban J connectivity index is 1.97. The lowest BCUT2D eigenvalue weighted by molar-refractivity contribution is -0.384. The maximum atomic E-state index is 12.1. The molecule has 0 aliphatic rings. The number of nitro groups is 1. The van der Waals surface area contributed by atoms with Gasteiger partial charge in [-0.3, -0.25) is 19.7 Å². The van der Waals surface area contributed by atoms with Crippen LogP contribution >= 0.6 is 34.8 Å². The second kappa shape index (κ2) is 9.50. The van der Waals surface area contributed by atoms with Gasteiger partial charge in [-0.15, -0.1) is 0 Å². The molecule has 28 heavy (non-hydrogen) atoms. The average molecular weight is 444 g/mol. The molecule has 0 aliphatic heterocycles. The number of nitrogens with zero attached hydrogens (tertiary/aromatic N) is 2. The Morgan fingerprint density at radius 1 is 1.14 bits per heavy atom. The van der Waals surface area contributed by atoms with Gasteiger partial charge in [-0.1, -0.05) is 40.9 Å². The molecule has 0 spiro atoms. The molecule has 0 bridgehead atoms. The minimum atomic E-state index is -0.656. The maximum absolute atomic E-state index is 12.1. The van der Waals surface area contributed by atoms with Crippen LogP contribution in [0.25, 0.3) is 0 Å². The summed E-state index contributed by atoms with van der Waals surface area (Å²) >= 11 is 17.7. The normalized spacial score (nSPS) is 11.1. The molecule has 0 fully saturated rings. The largest absolute Gasteiger partial charge is 0.324 e. The summed E-state index contributed by atoms with van der Waals surface area (Å²) in [7, 11) is 0. The lowest BCUT2D eigenvalue weighted by Gasteiger charge is -2.08. The monoisotopic (exact) mass is 442 g/mol. The molecule has 0 unspecified atom stereocenters. The third-order valence-electron chi connectivity index (χ3n) is 3.40. The highest BCUT2D eigenvalue weighted by molar-refractivity contribution is 6.44. The maximum Gasteiger partial charge on any atom is 0.287 e. The SMILES string of the molecule is C/C(CC(=O)Nc1cccc(Cl)c1Cl)=N/NC(=O)c1ccc([N+](=O)[O-])c(Cl)c1. The number of rotatable bonds is 6. The molecule has 0 aromatic heterocycles. The van der Waals surface area contributed by atoms with Crippen LogP contribution < -0.4 is 10.7 Å². The fourth-order valence-electron chi connectivity index (χ4n) is 2.07. The van der Waals surface area contributed by atoms with Gasteiger partial charge < -0.3 is 5.32 Å². The lowest BCUT2D eigenvalue weighted by Crippen LogP contribution is -2.21. The first kappa shape index (κ1) is 21.6. The fraction of sp³-hybridized carbons (Fsp3) is 0.118. The van der Waals surface area contributed by atoms with Crippen molar-refractivity contribution in [2.24, 2.45) is 5.10 Å². The Morgan fingerprint density at radius 3 is 2.50 bits per heavy atom. The predicted molar refractivity (Wildman–Crippen MR) is 108 cm³/mol. The summed E-state index contributed by atoms with van der Waals surface area (Å²) in [6.45, 7) is 1.54. The van der Waals surface area contributed by atoms with Crippen LogP contribution in [0, 0.1) is 10.1 Å². The summed E-state index contributed by atoms with van der Waals surface area (Å²) in [4.78, 5) is 34.2. The number of amides is 2. The molecular weight excluding hydrogens is 431 g/mol. The van der Waals surface area contributed by atoms with Gasteiger partial charge in [0.15, 0.2) is 0 Å². The number of benzene rings is 2. The van der Waals surface area contributed by atoms with Crippen molar-refractivity contribution >= 4 is 63.7 Å². The molecule has 8 nitrogen and oxygen atoms in total. The number of nitro benzene ring substituents is 1. The standard InChI is InChI=1S/C17H13Cl3N4O4/c1-9(7-15(25)21-13-4-2-3-11(18)16(13)20)22-23-17(26)10-5-6-14(24(27)28)12(19)8-10/h2-6,8H,7H2,1H3,(H,21,25)(H,23,26)/b22-9-. The van der Waals surface area contributed by atoms with Gasteiger partial charge in [-0.25, -0.2) is 5.43 Å². The summed E-state index contributed by atoms with van der Waals surface area (Å²) in [5.74, 6) is -1.03. The second-order valence-electron chi connectivity index (χ2n) is 5.54. The molecule has 2 aromatic rings. The van der Waals surface area contributed by atoms with E-state index in [0.717, 1.165) is 12.1 Å². The van der Waals surface area contributed by atoms with Crippen LogP contribution in [0.3, 0.4) is 0 Å². The van der Waals surface area contributed by atoms with Crippen LogP contribution in [0.15, 0.2) is 41.5 Å². The number of halogens is 3. The van der Waals surface area contributed by atoms with E-state index in [9.17, 15) is 19.7 Å². The van der Waals surface area contributed by atoms with E-state index in [1.165, 1.54) is 6.07 Å².